The van der Waals surface area contributed by atoms with Gasteiger partial charge in [0.25, 0.3) is 11.6 Å². The number of aryl methyl sites for hydroxylation is 2. The van der Waals surface area contributed by atoms with E-state index < -0.39 is 12.1 Å². The highest BCUT2D eigenvalue weighted by atomic mass is 16.6. The van der Waals surface area contributed by atoms with Gasteiger partial charge in [0.15, 0.2) is 6.10 Å². The predicted molar refractivity (Wildman–Crippen MR) is 107 cm³/mol. The molecule has 3 heterocycles. The first-order chi connectivity index (χ1) is 14.5. The smallest absolute Gasteiger partial charge is 0.339 e. The van der Waals surface area contributed by atoms with Crippen LogP contribution in [0.4, 0.5) is 0 Å². The van der Waals surface area contributed by atoms with E-state index in [9.17, 15) is 4.79 Å². The van der Waals surface area contributed by atoms with Crippen LogP contribution in [0.3, 0.4) is 0 Å². The van der Waals surface area contributed by atoms with Crippen LogP contribution in [0.2, 0.25) is 0 Å². The quantitative estimate of drug-likeness (QED) is 0.441. The highest BCUT2D eigenvalue weighted by Crippen LogP contribution is 2.40. The molecule has 0 saturated heterocycles. The molecule has 8 nitrogen and oxygen atoms in total. The first-order valence-electron chi connectivity index (χ1n) is 9.88. The maximum atomic E-state index is 13.0. The van der Waals surface area contributed by atoms with Gasteiger partial charge in [0.2, 0.25) is 5.89 Å². The van der Waals surface area contributed by atoms with Crippen molar-refractivity contribution in [2.75, 3.05) is 0 Å². The van der Waals surface area contributed by atoms with E-state index in [1.807, 2.05) is 31.2 Å². The number of esters is 1. The monoisotopic (exact) mass is 404 g/mol. The fraction of sp³-hybridized carbons (Fsp3) is 0.318. The van der Waals surface area contributed by atoms with Crippen LogP contribution in [0.25, 0.3) is 22.6 Å². The van der Waals surface area contributed by atoms with Crippen molar-refractivity contribution in [3.05, 3.63) is 58.7 Å². The Balaban J connectivity index is 1.41. The third-order valence-electron chi connectivity index (χ3n) is 5.19. The molecule has 1 aliphatic carbocycles. The molecule has 0 bridgehead atoms. The van der Waals surface area contributed by atoms with E-state index in [2.05, 4.69) is 20.3 Å². The Bertz CT molecular complexity index is 1260. The lowest BCUT2D eigenvalue weighted by Gasteiger charge is -2.11. The number of carbonyl (C=O) groups excluding carboxylic acids is 1. The second-order valence-electron chi connectivity index (χ2n) is 7.68. The number of pyridine rings is 1. The lowest BCUT2D eigenvalue weighted by Crippen LogP contribution is -2.11. The molecule has 1 atom stereocenters. The Morgan fingerprint density at radius 1 is 1.20 bits per heavy atom. The van der Waals surface area contributed by atoms with Gasteiger partial charge in [-0.05, 0) is 51.8 Å². The molecule has 0 unspecified atom stereocenters. The fourth-order valence-corrected chi connectivity index (χ4v) is 3.43. The molecule has 0 radical (unpaired) electrons. The van der Waals surface area contributed by atoms with Crippen molar-refractivity contribution in [2.45, 2.75) is 45.6 Å². The van der Waals surface area contributed by atoms with Crippen LogP contribution in [0.15, 0.2) is 39.3 Å². The van der Waals surface area contributed by atoms with Gasteiger partial charge in [-0.3, -0.25) is 0 Å². The molecule has 30 heavy (non-hydrogen) atoms. The molecule has 0 N–H and O–H groups in total. The maximum absolute atomic E-state index is 13.0. The summed E-state index contributed by atoms with van der Waals surface area (Å²) in [6.45, 7) is 5.46. The highest BCUT2D eigenvalue weighted by molar-refractivity contribution is 6.03. The van der Waals surface area contributed by atoms with Crippen LogP contribution in [-0.4, -0.2) is 26.3 Å². The lowest BCUT2D eigenvalue weighted by molar-refractivity contribution is 0.0282. The summed E-state index contributed by atoms with van der Waals surface area (Å²) in [5, 5.41) is 12.7. The number of benzene rings is 1. The third kappa shape index (κ3) is 3.34. The summed E-state index contributed by atoms with van der Waals surface area (Å²) >= 11 is 0. The molecule has 1 aliphatic rings. The summed E-state index contributed by atoms with van der Waals surface area (Å²) in [4.78, 5) is 17.5. The molecule has 1 aromatic carbocycles. The summed E-state index contributed by atoms with van der Waals surface area (Å²) in [5.41, 5.74) is 4.08. The van der Waals surface area contributed by atoms with Gasteiger partial charge >= 0.3 is 5.97 Å². The van der Waals surface area contributed by atoms with E-state index in [0.29, 0.717) is 34.2 Å². The van der Waals surface area contributed by atoms with Gasteiger partial charge in [-0.15, -0.1) is 10.2 Å². The van der Waals surface area contributed by atoms with Crippen molar-refractivity contribution < 1.29 is 18.5 Å². The van der Waals surface area contributed by atoms with Gasteiger partial charge < -0.3 is 13.7 Å². The number of fused-ring (bicyclic) bond motifs is 1. The minimum atomic E-state index is -0.712. The summed E-state index contributed by atoms with van der Waals surface area (Å²) in [7, 11) is 0. The van der Waals surface area contributed by atoms with E-state index >= 15 is 0 Å². The van der Waals surface area contributed by atoms with Gasteiger partial charge in [-0.25, -0.2) is 9.78 Å². The number of nitrogens with zero attached hydrogens (tertiary/aromatic N) is 4. The number of aromatic nitrogens is 4. The Morgan fingerprint density at radius 2 is 2.03 bits per heavy atom. The molecular weight excluding hydrogens is 384 g/mol. The van der Waals surface area contributed by atoms with Gasteiger partial charge in [0.1, 0.15) is 0 Å². The van der Waals surface area contributed by atoms with Crippen LogP contribution < -0.4 is 0 Å². The molecule has 0 aliphatic heterocycles. The van der Waals surface area contributed by atoms with E-state index in [-0.39, 0.29) is 5.89 Å². The molecule has 3 aromatic heterocycles. The molecule has 1 fully saturated rings. The summed E-state index contributed by atoms with van der Waals surface area (Å²) in [5.74, 6) is 0.471. The minimum Gasteiger partial charge on any atom is -0.449 e. The second kappa shape index (κ2) is 7.05. The Labute approximate surface area is 172 Å². The Hall–Kier alpha value is -3.55. The number of carbonyl (C=O) groups is 1. The molecule has 5 rings (SSSR count). The van der Waals surface area contributed by atoms with Crippen LogP contribution in [0.1, 0.15) is 65.0 Å². The summed E-state index contributed by atoms with van der Waals surface area (Å²) in [6.07, 6.45) is 1.40. The molecule has 152 valence electrons. The standard InChI is InChI=1S/C22H20N4O4/c1-11-5-4-6-15(9-11)20-25-24-19(29-20)13(3)28-22(27)16-10-17(14-7-8-14)23-21-18(16)12(2)26-30-21/h4-6,9-10,13-14H,7-8H2,1-3H3/t13-/m1/s1. The second-order valence-corrected chi connectivity index (χ2v) is 7.68. The summed E-state index contributed by atoms with van der Waals surface area (Å²) < 4.78 is 16.7. The molecular formula is C22H20N4O4. The van der Waals surface area contributed by atoms with Crippen LogP contribution >= 0.6 is 0 Å². The first-order valence-corrected chi connectivity index (χ1v) is 9.88. The van der Waals surface area contributed by atoms with Crippen LogP contribution in [-0.2, 0) is 4.74 Å². The fourth-order valence-electron chi connectivity index (χ4n) is 3.43. The van der Waals surface area contributed by atoms with Crippen molar-refractivity contribution in [3.8, 4) is 11.5 Å². The largest absolute Gasteiger partial charge is 0.449 e. The number of hydrogen-bond donors (Lipinski definition) is 0. The Kier molecular flexibility index (Phi) is 4.34. The number of hydrogen-bond acceptors (Lipinski definition) is 8. The molecule has 0 spiro atoms. The lowest BCUT2D eigenvalue weighted by atomic mass is 10.1. The first kappa shape index (κ1) is 18.5. The van der Waals surface area contributed by atoms with Gasteiger partial charge in [0, 0.05) is 17.2 Å². The van der Waals surface area contributed by atoms with Gasteiger partial charge in [-0.1, -0.05) is 22.9 Å². The van der Waals surface area contributed by atoms with Crippen LogP contribution in [0, 0.1) is 13.8 Å². The molecule has 4 aromatic rings. The van der Waals surface area contributed by atoms with Crippen molar-refractivity contribution in [1.82, 2.24) is 20.3 Å². The van der Waals surface area contributed by atoms with Crippen molar-refractivity contribution >= 4 is 17.1 Å². The predicted octanol–water partition coefficient (Wildman–Crippen LogP) is 4.69. The van der Waals surface area contributed by atoms with Crippen molar-refractivity contribution in [2.24, 2.45) is 0 Å². The minimum absolute atomic E-state index is 0.231. The van der Waals surface area contributed by atoms with Crippen molar-refractivity contribution in [1.29, 1.82) is 0 Å². The van der Waals surface area contributed by atoms with E-state index in [4.69, 9.17) is 13.7 Å². The van der Waals surface area contributed by atoms with E-state index in [1.165, 1.54) is 0 Å². The number of rotatable bonds is 5. The number of ether oxygens (including phenoxy) is 1. The average Bonchev–Trinajstić information content (AvgIpc) is 3.34. The highest BCUT2D eigenvalue weighted by Gasteiger charge is 2.30. The molecule has 0 amide bonds. The van der Waals surface area contributed by atoms with Crippen LogP contribution in [0.5, 0.6) is 0 Å². The van der Waals surface area contributed by atoms with Gasteiger partial charge in [0.05, 0.1) is 16.6 Å². The van der Waals surface area contributed by atoms with Gasteiger partial charge in [-0.2, -0.15) is 0 Å². The van der Waals surface area contributed by atoms with Crippen molar-refractivity contribution in [3.63, 3.8) is 0 Å². The van der Waals surface area contributed by atoms with E-state index in [0.717, 1.165) is 29.7 Å². The zero-order chi connectivity index (χ0) is 20.8. The topological polar surface area (TPSA) is 104 Å². The average molecular weight is 404 g/mol. The Morgan fingerprint density at radius 3 is 2.80 bits per heavy atom. The zero-order valence-corrected chi connectivity index (χ0v) is 16.9. The third-order valence-corrected chi connectivity index (χ3v) is 5.19. The normalized spacial score (nSPS) is 14.8. The molecule has 1 saturated carbocycles. The summed E-state index contributed by atoms with van der Waals surface area (Å²) in [6, 6.07) is 9.54. The maximum Gasteiger partial charge on any atom is 0.339 e. The molecule has 8 heteroatoms. The SMILES string of the molecule is Cc1cccc(-c2nnc([C@@H](C)OC(=O)c3cc(C4CC4)nc4onc(C)c34)o2)c1. The van der Waals surface area contributed by atoms with E-state index in [1.54, 1.807) is 19.9 Å². The zero-order valence-electron chi connectivity index (χ0n) is 16.9.